The zero-order valence-electron chi connectivity index (χ0n) is 12.4. The topological polar surface area (TPSA) is 75.7 Å². The predicted octanol–water partition coefficient (Wildman–Crippen LogP) is 0.352. The summed E-state index contributed by atoms with van der Waals surface area (Å²) in [6.07, 6.45) is 1.25. The number of fused-ring (bicyclic) bond motifs is 2. The van der Waals surface area contributed by atoms with Crippen LogP contribution in [0.1, 0.15) is 12.0 Å². The van der Waals surface area contributed by atoms with E-state index < -0.39 is 10.0 Å². The van der Waals surface area contributed by atoms with Crippen molar-refractivity contribution in [2.24, 2.45) is 5.92 Å². The number of morpholine rings is 1. The number of ether oxygens (including phenoxy) is 1. The summed E-state index contributed by atoms with van der Waals surface area (Å²) in [6.45, 7) is 1.08. The van der Waals surface area contributed by atoms with Gasteiger partial charge < -0.3 is 10.1 Å². The standard InChI is InChI=1S/C15H20N2O4S/c1-22(19,20)17-9-12-7-13(14(10-17)21-12)15(18)16-8-11-5-3-2-4-6-11/h2-6,12-14H,7-10H2,1H3,(H,16,18)/t12-,13-,14-/m1/s1. The van der Waals surface area contributed by atoms with E-state index in [1.54, 1.807) is 0 Å². The van der Waals surface area contributed by atoms with E-state index in [4.69, 9.17) is 4.74 Å². The third-order valence-corrected chi connectivity index (χ3v) is 5.48. The van der Waals surface area contributed by atoms with Gasteiger partial charge in [0.2, 0.25) is 15.9 Å². The molecule has 0 spiro atoms. The van der Waals surface area contributed by atoms with Gasteiger partial charge in [0.1, 0.15) is 0 Å². The van der Waals surface area contributed by atoms with Crippen LogP contribution < -0.4 is 5.32 Å². The summed E-state index contributed by atoms with van der Waals surface area (Å²) in [5, 5.41) is 2.92. The predicted molar refractivity (Wildman–Crippen MR) is 81.5 cm³/mol. The second-order valence-electron chi connectivity index (χ2n) is 5.92. The van der Waals surface area contributed by atoms with E-state index in [1.165, 1.54) is 10.6 Å². The van der Waals surface area contributed by atoms with Crippen LogP contribution in [0.5, 0.6) is 0 Å². The molecule has 2 aliphatic rings. The Bertz CT molecular complexity index is 647. The average molecular weight is 324 g/mol. The summed E-state index contributed by atoms with van der Waals surface area (Å²) in [5.74, 6) is -0.341. The fourth-order valence-corrected chi connectivity index (χ4v) is 3.94. The Balaban J connectivity index is 1.60. The molecule has 22 heavy (non-hydrogen) atoms. The van der Waals surface area contributed by atoms with Crippen LogP contribution in [0.2, 0.25) is 0 Å². The zero-order valence-corrected chi connectivity index (χ0v) is 13.3. The number of carbonyl (C=O) groups excluding carboxylic acids is 1. The Morgan fingerprint density at radius 2 is 2.05 bits per heavy atom. The van der Waals surface area contributed by atoms with Gasteiger partial charge in [0.25, 0.3) is 0 Å². The van der Waals surface area contributed by atoms with E-state index in [1.807, 2.05) is 30.3 Å². The quantitative estimate of drug-likeness (QED) is 0.867. The van der Waals surface area contributed by atoms with Gasteiger partial charge in [0.15, 0.2) is 0 Å². The molecule has 6 nitrogen and oxygen atoms in total. The van der Waals surface area contributed by atoms with Gasteiger partial charge in [-0.25, -0.2) is 8.42 Å². The summed E-state index contributed by atoms with van der Waals surface area (Å²) in [6, 6.07) is 9.69. The molecule has 3 rings (SSSR count). The maximum Gasteiger partial charge on any atom is 0.226 e. The Labute approximate surface area is 130 Å². The van der Waals surface area contributed by atoms with Crippen molar-refractivity contribution >= 4 is 15.9 Å². The number of nitrogens with zero attached hydrogens (tertiary/aromatic N) is 1. The number of hydrogen-bond acceptors (Lipinski definition) is 4. The molecule has 0 aromatic heterocycles. The van der Waals surface area contributed by atoms with Crippen LogP contribution in [0.25, 0.3) is 0 Å². The van der Waals surface area contributed by atoms with Gasteiger partial charge in [0.05, 0.1) is 24.4 Å². The lowest BCUT2D eigenvalue weighted by Crippen LogP contribution is -2.47. The summed E-state index contributed by atoms with van der Waals surface area (Å²) >= 11 is 0. The van der Waals surface area contributed by atoms with Crippen LogP contribution in [0.3, 0.4) is 0 Å². The van der Waals surface area contributed by atoms with Gasteiger partial charge in [0, 0.05) is 19.6 Å². The first-order valence-electron chi connectivity index (χ1n) is 7.35. The van der Waals surface area contributed by atoms with Crippen molar-refractivity contribution < 1.29 is 17.9 Å². The Hall–Kier alpha value is -1.44. The molecule has 1 aromatic rings. The first-order valence-corrected chi connectivity index (χ1v) is 9.20. The number of carbonyl (C=O) groups is 1. The first-order chi connectivity index (χ1) is 10.4. The molecular formula is C15H20N2O4S. The molecule has 2 heterocycles. The molecule has 0 unspecified atom stereocenters. The van der Waals surface area contributed by atoms with Crippen molar-refractivity contribution in [2.45, 2.75) is 25.2 Å². The van der Waals surface area contributed by atoms with Gasteiger partial charge in [-0.2, -0.15) is 4.31 Å². The van der Waals surface area contributed by atoms with Crippen molar-refractivity contribution in [2.75, 3.05) is 19.3 Å². The maximum absolute atomic E-state index is 12.4. The average Bonchev–Trinajstić information content (AvgIpc) is 2.79. The van der Waals surface area contributed by atoms with E-state index >= 15 is 0 Å². The lowest BCUT2D eigenvalue weighted by atomic mass is 9.99. The molecular weight excluding hydrogens is 304 g/mol. The molecule has 0 radical (unpaired) electrons. The third kappa shape index (κ3) is 3.31. The Morgan fingerprint density at radius 1 is 1.32 bits per heavy atom. The molecule has 0 aliphatic carbocycles. The highest BCUT2D eigenvalue weighted by atomic mass is 32.2. The second kappa shape index (κ2) is 5.98. The molecule has 2 aliphatic heterocycles. The fraction of sp³-hybridized carbons (Fsp3) is 0.533. The summed E-state index contributed by atoms with van der Waals surface area (Å²) in [4.78, 5) is 12.4. The van der Waals surface area contributed by atoms with Gasteiger partial charge in [-0.3, -0.25) is 4.79 Å². The van der Waals surface area contributed by atoms with Gasteiger partial charge in [-0.15, -0.1) is 0 Å². The molecule has 120 valence electrons. The minimum atomic E-state index is -3.23. The molecule has 3 atom stereocenters. The van der Waals surface area contributed by atoms with E-state index in [-0.39, 0.29) is 30.6 Å². The number of hydrogen-bond donors (Lipinski definition) is 1. The van der Waals surface area contributed by atoms with Crippen molar-refractivity contribution in [3.8, 4) is 0 Å². The minimum absolute atomic E-state index is 0.0632. The van der Waals surface area contributed by atoms with E-state index in [0.29, 0.717) is 19.5 Å². The number of sulfonamides is 1. The second-order valence-corrected chi connectivity index (χ2v) is 7.90. The summed E-state index contributed by atoms with van der Waals surface area (Å²) < 4.78 is 30.5. The van der Waals surface area contributed by atoms with E-state index in [0.717, 1.165) is 5.56 Å². The number of amides is 1. The zero-order chi connectivity index (χ0) is 15.7. The van der Waals surface area contributed by atoms with Crippen molar-refractivity contribution in [1.82, 2.24) is 9.62 Å². The molecule has 1 aromatic carbocycles. The SMILES string of the molecule is CS(=O)(=O)N1C[C@H]2C[C@@H](C(=O)NCc3ccccc3)[C@@H](C1)O2. The molecule has 2 bridgehead atoms. The van der Waals surface area contributed by atoms with E-state index in [9.17, 15) is 13.2 Å². The lowest BCUT2D eigenvalue weighted by molar-refractivity contribution is -0.127. The Morgan fingerprint density at radius 3 is 2.73 bits per heavy atom. The highest BCUT2D eigenvalue weighted by molar-refractivity contribution is 7.88. The van der Waals surface area contributed by atoms with Crippen LogP contribution in [-0.2, 0) is 26.1 Å². The van der Waals surface area contributed by atoms with Crippen molar-refractivity contribution in [1.29, 1.82) is 0 Å². The lowest BCUT2D eigenvalue weighted by Gasteiger charge is -2.30. The minimum Gasteiger partial charge on any atom is -0.371 e. The van der Waals surface area contributed by atoms with Crippen molar-refractivity contribution in [3.63, 3.8) is 0 Å². The molecule has 0 saturated carbocycles. The van der Waals surface area contributed by atoms with Crippen LogP contribution in [0.4, 0.5) is 0 Å². The monoisotopic (exact) mass is 324 g/mol. The first kappa shape index (κ1) is 15.5. The molecule has 2 saturated heterocycles. The van der Waals surface area contributed by atoms with Crippen LogP contribution >= 0.6 is 0 Å². The Kier molecular flexibility index (Phi) is 4.20. The normalized spacial score (nSPS) is 28.5. The van der Waals surface area contributed by atoms with Crippen molar-refractivity contribution in [3.05, 3.63) is 35.9 Å². The van der Waals surface area contributed by atoms with Crippen LogP contribution in [-0.4, -0.2) is 50.2 Å². The molecule has 1 amide bonds. The number of rotatable bonds is 4. The smallest absolute Gasteiger partial charge is 0.226 e. The maximum atomic E-state index is 12.4. The highest BCUT2D eigenvalue weighted by Gasteiger charge is 2.46. The number of nitrogens with one attached hydrogen (secondary N) is 1. The van der Waals surface area contributed by atoms with Gasteiger partial charge >= 0.3 is 0 Å². The van der Waals surface area contributed by atoms with E-state index in [2.05, 4.69) is 5.32 Å². The van der Waals surface area contributed by atoms with Gasteiger partial charge in [-0.1, -0.05) is 30.3 Å². The summed E-state index contributed by atoms with van der Waals surface area (Å²) in [7, 11) is -3.23. The highest BCUT2D eigenvalue weighted by Crippen LogP contribution is 2.33. The van der Waals surface area contributed by atoms with Crippen LogP contribution in [0.15, 0.2) is 30.3 Å². The molecule has 2 fully saturated rings. The molecule has 1 N–H and O–H groups in total. The van der Waals surface area contributed by atoms with Crippen LogP contribution in [0, 0.1) is 5.92 Å². The summed E-state index contributed by atoms with van der Waals surface area (Å²) in [5.41, 5.74) is 1.04. The van der Waals surface area contributed by atoms with Gasteiger partial charge in [-0.05, 0) is 12.0 Å². The fourth-order valence-electron chi connectivity index (χ4n) is 3.09. The largest absolute Gasteiger partial charge is 0.371 e. The molecule has 7 heteroatoms. The third-order valence-electron chi connectivity index (χ3n) is 4.24. The number of benzene rings is 1.